The van der Waals surface area contributed by atoms with Crippen molar-refractivity contribution in [1.82, 2.24) is 4.98 Å². The summed E-state index contributed by atoms with van der Waals surface area (Å²) in [6.07, 6.45) is -0.157. The number of carboxylic acids is 1. The molecule has 1 aromatic heterocycles. The molecule has 0 aliphatic carbocycles. The number of aromatic amines is 1. The van der Waals surface area contributed by atoms with Crippen LogP contribution in [-0.2, 0) is 11.2 Å². The Labute approximate surface area is 168 Å². The lowest BCUT2D eigenvalue weighted by Gasteiger charge is -2.09. The predicted molar refractivity (Wildman–Crippen MR) is 109 cm³/mol. The van der Waals surface area contributed by atoms with Crippen molar-refractivity contribution in [1.29, 1.82) is 0 Å². The zero-order valence-corrected chi connectivity index (χ0v) is 16.7. The topological polar surface area (TPSA) is 90.0 Å². The lowest BCUT2D eigenvalue weighted by atomic mass is 10.0. The molecule has 0 bridgehead atoms. The summed E-state index contributed by atoms with van der Waals surface area (Å²) in [5.41, 5.74) is 3.67. The molecule has 0 aliphatic heterocycles. The van der Waals surface area contributed by atoms with E-state index in [0.717, 1.165) is 22.4 Å². The van der Waals surface area contributed by atoms with Crippen molar-refractivity contribution in [2.45, 2.75) is 6.42 Å². The third-order valence-electron chi connectivity index (χ3n) is 4.55. The van der Waals surface area contributed by atoms with Crippen LogP contribution in [0.25, 0.3) is 22.4 Å². The molecule has 0 radical (unpaired) electrons. The first kappa shape index (κ1) is 20.1. The van der Waals surface area contributed by atoms with Crippen molar-refractivity contribution in [3.8, 4) is 45.4 Å². The van der Waals surface area contributed by atoms with Gasteiger partial charge in [-0.05, 0) is 35.9 Å². The van der Waals surface area contributed by atoms with Crippen LogP contribution in [0.2, 0.25) is 0 Å². The molecule has 7 nitrogen and oxygen atoms in total. The molecule has 29 heavy (non-hydrogen) atoms. The number of hydrogen-bond acceptors (Lipinski definition) is 5. The lowest BCUT2D eigenvalue weighted by molar-refractivity contribution is -0.136. The van der Waals surface area contributed by atoms with Crippen LogP contribution in [0.3, 0.4) is 0 Å². The highest BCUT2D eigenvalue weighted by Gasteiger charge is 2.17. The minimum Gasteiger partial charge on any atom is -0.497 e. The number of hydrogen-bond donors (Lipinski definition) is 2. The molecule has 7 heteroatoms. The van der Waals surface area contributed by atoms with Crippen molar-refractivity contribution < 1.29 is 28.8 Å². The fourth-order valence-electron chi connectivity index (χ4n) is 3.13. The van der Waals surface area contributed by atoms with Crippen LogP contribution in [0.1, 0.15) is 5.69 Å². The van der Waals surface area contributed by atoms with E-state index in [1.54, 1.807) is 40.6 Å². The molecule has 152 valence electrons. The molecule has 2 N–H and O–H groups in total. The summed E-state index contributed by atoms with van der Waals surface area (Å²) >= 11 is 0. The van der Waals surface area contributed by atoms with Gasteiger partial charge < -0.3 is 29.0 Å². The molecule has 0 amide bonds. The van der Waals surface area contributed by atoms with Gasteiger partial charge in [0.05, 0.1) is 34.9 Å². The Morgan fingerprint density at radius 3 is 1.62 bits per heavy atom. The quantitative estimate of drug-likeness (QED) is 0.597. The highest BCUT2D eigenvalue weighted by molar-refractivity contribution is 5.81. The molecule has 2 aromatic carbocycles. The predicted octanol–water partition coefficient (Wildman–Crippen LogP) is 4.01. The smallest absolute Gasteiger partial charge is 0.309 e. The summed E-state index contributed by atoms with van der Waals surface area (Å²) in [5.74, 6) is 1.58. The minimum absolute atomic E-state index is 0.157. The number of benzene rings is 2. The first-order chi connectivity index (χ1) is 14.0. The molecule has 1 heterocycles. The number of ether oxygens (including phenoxy) is 4. The van der Waals surface area contributed by atoms with Gasteiger partial charge in [0.1, 0.15) is 23.0 Å². The Hall–Kier alpha value is -3.61. The largest absolute Gasteiger partial charge is 0.497 e. The van der Waals surface area contributed by atoms with Gasteiger partial charge in [-0.15, -0.1) is 0 Å². The second kappa shape index (κ2) is 8.60. The van der Waals surface area contributed by atoms with Crippen LogP contribution in [0.4, 0.5) is 0 Å². The highest BCUT2D eigenvalue weighted by Crippen LogP contribution is 2.36. The molecular weight excluding hydrogens is 374 g/mol. The molecule has 0 atom stereocenters. The number of aliphatic carboxylic acids is 1. The summed E-state index contributed by atoms with van der Waals surface area (Å²) in [7, 11) is 6.30. The van der Waals surface area contributed by atoms with Crippen molar-refractivity contribution >= 4 is 5.97 Å². The van der Waals surface area contributed by atoms with Gasteiger partial charge in [-0.2, -0.15) is 0 Å². The number of H-pyrrole nitrogens is 1. The summed E-state index contributed by atoms with van der Waals surface area (Å²) < 4.78 is 21.4. The van der Waals surface area contributed by atoms with E-state index in [-0.39, 0.29) is 6.42 Å². The van der Waals surface area contributed by atoms with E-state index in [2.05, 4.69) is 4.98 Å². The molecular formula is C22H23NO6. The Kier molecular flexibility index (Phi) is 5.97. The van der Waals surface area contributed by atoms with Crippen LogP contribution < -0.4 is 18.9 Å². The average molecular weight is 397 g/mol. The van der Waals surface area contributed by atoms with Gasteiger partial charge in [-0.1, -0.05) is 0 Å². The Bertz CT molecular complexity index is 980. The third-order valence-corrected chi connectivity index (χ3v) is 4.55. The van der Waals surface area contributed by atoms with Crippen LogP contribution in [0.15, 0.2) is 42.5 Å². The monoisotopic (exact) mass is 397 g/mol. The average Bonchev–Trinajstić information content (AvgIpc) is 3.15. The highest BCUT2D eigenvalue weighted by atomic mass is 16.5. The van der Waals surface area contributed by atoms with Gasteiger partial charge in [-0.3, -0.25) is 4.79 Å². The number of carboxylic acid groups (broad SMARTS) is 1. The van der Waals surface area contributed by atoms with Gasteiger partial charge >= 0.3 is 5.97 Å². The zero-order chi connectivity index (χ0) is 21.0. The fraction of sp³-hybridized carbons (Fsp3) is 0.227. The van der Waals surface area contributed by atoms with Crippen LogP contribution in [-0.4, -0.2) is 44.5 Å². The number of rotatable bonds is 8. The minimum atomic E-state index is -0.933. The number of carbonyl (C=O) groups is 1. The summed E-state index contributed by atoms with van der Waals surface area (Å²) in [4.78, 5) is 14.7. The second-order valence-electron chi connectivity index (χ2n) is 6.35. The molecule has 0 saturated carbocycles. The fourth-order valence-corrected chi connectivity index (χ4v) is 3.13. The molecule has 3 rings (SSSR count). The molecule has 0 spiro atoms. The van der Waals surface area contributed by atoms with Crippen LogP contribution in [0, 0.1) is 0 Å². The maximum absolute atomic E-state index is 11.4. The molecule has 0 fully saturated rings. The molecule has 3 aromatic rings. The van der Waals surface area contributed by atoms with Gasteiger partial charge in [0.2, 0.25) is 0 Å². The van der Waals surface area contributed by atoms with Crippen molar-refractivity contribution in [2.24, 2.45) is 0 Å². The first-order valence-electron chi connectivity index (χ1n) is 8.88. The van der Waals surface area contributed by atoms with E-state index in [4.69, 9.17) is 18.9 Å². The maximum atomic E-state index is 11.4. The Morgan fingerprint density at radius 1 is 0.759 bits per heavy atom. The second-order valence-corrected chi connectivity index (χ2v) is 6.35. The van der Waals surface area contributed by atoms with Gasteiger partial charge in [0.25, 0.3) is 0 Å². The lowest BCUT2D eigenvalue weighted by Crippen LogP contribution is -2.02. The van der Waals surface area contributed by atoms with E-state index in [1.165, 1.54) is 0 Å². The Morgan fingerprint density at radius 2 is 1.21 bits per heavy atom. The van der Waals surface area contributed by atoms with Gasteiger partial charge in [0.15, 0.2) is 0 Å². The van der Waals surface area contributed by atoms with E-state index in [1.807, 2.05) is 30.3 Å². The van der Waals surface area contributed by atoms with Gasteiger partial charge in [0, 0.05) is 34.6 Å². The number of aromatic nitrogens is 1. The van der Waals surface area contributed by atoms with Crippen molar-refractivity contribution in [3.63, 3.8) is 0 Å². The van der Waals surface area contributed by atoms with Gasteiger partial charge in [-0.25, -0.2) is 0 Å². The first-order valence-corrected chi connectivity index (χ1v) is 8.88. The van der Waals surface area contributed by atoms with E-state index < -0.39 is 5.97 Å². The number of methoxy groups -OCH3 is 4. The van der Waals surface area contributed by atoms with Crippen molar-refractivity contribution in [3.05, 3.63) is 48.2 Å². The zero-order valence-electron chi connectivity index (χ0n) is 16.7. The van der Waals surface area contributed by atoms with Crippen LogP contribution >= 0.6 is 0 Å². The molecule has 0 saturated heterocycles. The Balaban J connectivity index is 2.17. The maximum Gasteiger partial charge on any atom is 0.309 e. The molecule has 0 aliphatic rings. The summed E-state index contributed by atoms with van der Waals surface area (Å²) in [6, 6.07) is 12.8. The summed E-state index contributed by atoms with van der Waals surface area (Å²) in [6.45, 7) is 0. The van der Waals surface area contributed by atoms with E-state index in [9.17, 15) is 9.90 Å². The van der Waals surface area contributed by atoms with E-state index in [0.29, 0.717) is 28.7 Å². The van der Waals surface area contributed by atoms with Crippen molar-refractivity contribution in [2.75, 3.05) is 28.4 Å². The number of nitrogens with one attached hydrogen (secondary N) is 1. The SMILES string of the molecule is COc1cc(OC)cc(-c2cc(-c3cc(OC)cc(OC)c3)c(CC(=O)O)[nH]2)c1. The standard InChI is InChI=1S/C22H23NO6/c1-26-15-5-13(6-16(9-15)27-2)19-11-20(23-21(19)12-22(24)25)14-7-17(28-3)10-18(8-14)29-4/h5-11,23H,12H2,1-4H3,(H,24,25). The molecule has 0 unspecified atom stereocenters. The normalized spacial score (nSPS) is 10.5. The van der Waals surface area contributed by atoms with E-state index >= 15 is 0 Å². The third kappa shape index (κ3) is 4.45. The summed E-state index contributed by atoms with van der Waals surface area (Å²) in [5, 5.41) is 9.37. The van der Waals surface area contributed by atoms with Crippen LogP contribution in [0.5, 0.6) is 23.0 Å².